The lowest BCUT2D eigenvalue weighted by Crippen LogP contribution is -2.31. The van der Waals surface area contributed by atoms with Crippen molar-refractivity contribution in [3.05, 3.63) is 77.7 Å². The van der Waals surface area contributed by atoms with Gasteiger partial charge in [0.05, 0.1) is 27.6 Å². The molecule has 0 radical (unpaired) electrons. The monoisotopic (exact) mass is 437 g/mol. The zero-order valence-electron chi connectivity index (χ0n) is 19.2. The van der Waals surface area contributed by atoms with Crippen LogP contribution >= 0.6 is 0 Å². The Bertz CT molecular complexity index is 999. The second kappa shape index (κ2) is 11.3. The van der Waals surface area contributed by atoms with Gasteiger partial charge in [-0.05, 0) is 42.3 Å². The summed E-state index contributed by atoms with van der Waals surface area (Å²) in [6.45, 7) is 2.95. The normalized spacial score (nSPS) is 11.6. The van der Waals surface area contributed by atoms with Crippen LogP contribution in [0.25, 0.3) is 0 Å². The van der Waals surface area contributed by atoms with E-state index in [0.29, 0.717) is 37.4 Å². The van der Waals surface area contributed by atoms with E-state index in [9.17, 15) is 4.79 Å². The number of rotatable bonds is 11. The van der Waals surface area contributed by atoms with Crippen molar-refractivity contribution >= 4 is 5.91 Å². The Labute approximate surface area is 189 Å². The Kier molecular flexibility index (Phi) is 8.20. The molecule has 1 atom stereocenters. The Morgan fingerprint density at radius 1 is 0.938 bits per heavy atom. The molecule has 0 saturated heterocycles. The molecule has 3 aromatic rings. The minimum absolute atomic E-state index is 0.0290. The number of amides is 1. The lowest BCUT2D eigenvalue weighted by molar-refractivity contribution is -0.131. The first-order valence-corrected chi connectivity index (χ1v) is 10.8. The smallest absolute Gasteiger partial charge is 0.222 e. The Morgan fingerprint density at radius 2 is 1.69 bits per heavy atom. The van der Waals surface area contributed by atoms with Gasteiger partial charge in [-0.3, -0.25) is 4.79 Å². The van der Waals surface area contributed by atoms with E-state index in [-0.39, 0.29) is 11.8 Å². The fourth-order valence-corrected chi connectivity index (χ4v) is 3.89. The molecule has 6 heteroatoms. The van der Waals surface area contributed by atoms with Crippen molar-refractivity contribution in [3.63, 3.8) is 0 Å². The number of carbonyl (C=O) groups is 1. The van der Waals surface area contributed by atoms with Gasteiger partial charge < -0.3 is 23.5 Å². The molecule has 3 rings (SSSR count). The molecule has 6 nitrogen and oxygen atoms in total. The Balaban J connectivity index is 1.83. The van der Waals surface area contributed by atoms with Gasteiger partial charge in [0.15, 0.2) is 11.5 Å². The molecule has 0 unspecified atom stereocenters. The maximum absolute atomic E-state index is 12.8. The number of benzene rings is 2. The Hall–Kier alpha value is -3.41. The molecule has 0 N–H and O–H groups in total. The fraction of sp³-hybridized carbons (Fsp3) is 0.346. The van der Waals surface area contributed by atoms with Crippen LogP contribution in [-0.4, -0.2) is 38.7 Å². The molecule has 1 aromatic heterocycles. The van der Waals surface area contributed by atoms with Crippen LogP contribution in [0.3, 0.4) is 0 Å². The predicted octanol–water partition coefficient (Wildman–Crippen LogP) is 5.27. The summed E-state index contributed by atoms with van der Waals surface area (Å²) in [5.74, 6) is 3.04. The highest BCUT2D eigenvalue weighted by Crippen LogP contribution is 2.35. The fourth-order valence-electron chi connectivity index (χ4n) is 3.89. The molecule has 0 aliphatic rings. The molecule has 0 bridgehead atoms. The van der Waals surface area contributed by atoms with Gasteiger partial charge in [0.25, 0.3) is 0 Å². The van der Waals surface area contributed by atoms with Gasteiger partial charge in [0, 0.05) is 31.0 Å². The van der Waals surface area contributed by atoms with Gasteiger partial charge in [0.2, 0.25) is 5.91 Å². The van der Waals surface area contributed by atoms with E-state index < -0.39 is 0 Å². The molecule has 0 spiro atoms. The van der Waals surface area contributed by atoms with Crippen molar-refractivity contribution in [3.8, 4) is 17.2 Å². The van der Waals surface area contributed by atoms with Crippen LogP contribution in [0.15, 0.2) is 65.3 Å². The van der Waals surface area contributed by atoms with Gasteiger partial charge in [-0.1, -0.05) is 31.2 Å². The van der Waals surface area contributed by atoms with Crippen LogP contribution in [-0.2, 0) is 11.3 Å². The van der Waals surface area contributed by atoms with E-state index in [1.807, 2.05) is 66.4 Å². The second-order valence-corrected chi connectivity index (χ2v) is 7.46. The van der Waals surface area contributed by atoms with Crippen molar-refractivity contribution in [1.29, 1.82) is 0 Å². The maximum atomic E-state index is 12.8. The highest BCUT2D eigenvalue weighted by molar-refractivity contribution is 5.75. The molecular weight excluding hydrogens is 406 g/mol. The quantitative estimate of drug-likeness (QED) is 0.409. The highest BCUT2D eigenvalue weighted by atomic mass is 16.5. The zero-order valence-corrected chi connectivity index (χ0v) is 19.2. The van der Waals surface area contributed by atoms with Crippen molar-refractivity contribution < 1.29 is 23.4 Å². The number of nitrogens with zero attached hydrogens (tertiary/aromatic N) is 1. The van der Waals surface area contributed by atoms with Crippen LogP contribution in [0.5, 0.6) is 17.2 Å². The minimum Gasteiger partial charge on any atom is -0.496 e. The predicted molar refractivity (Wildman–Crippen MR) is 123 cm³/mol. The summed E-state index contributed by atoms with van der Waals surface area (Å²) in [4.78, 5) is 14.7. The first-order valence-electron chi connectivity index (χ1n) is 10.8. The summed E-state index contributed by atoms with van der Waals surface area (Å²) in [5.41, 5.74) is 2.02. The van der Waals surface area contributed by atoms with Crippen LogP contribution in [0, 0.1) is 0 Å². The number of para-hydroxylation sites is 1. The average molecular weight is 438 g/mol. The Morgan fingerprint density at radius 3 is 2.34 bits per heavy atom. The highest BCUT2D eigenvalue weighted by Gasteiger charge is 2.23. The van der Waals surface area contributed by atoms with Crippen LogP contribution in [0.4, 0.5) is 0 Å². The number of hydrogen-bond acceptors (Lipinski definition) is 5. The molecule has 0 fully saturated rings. The van der Waals surface area contributed by atoms with E-state index in [1.54, 1.807) is 27.6 Å². The molecular formula is C26H31NO5. The van der Waals surface area contributed by atoms with Crippen LogP contribution in [0.1, 0.15) is 42.6 Å². The molecule has 1 heterocycles. The molecule has 0 saturated carbocycles. The van der Waals surface area contributed by atoms with Crippen molar-refractivity contribution in [2.45, 2.75) is 32.2 Å². The average Bonchev–Trinajstić information content (AvgIpc) is 3.37. The first-order chi connectivity index (χ1) is 15.6. The SMILES string of the molecule is CCC(=O)N(CC[C@@H](c1ccco1)c1ccccc1OC)Cc1ccc(OC)c(OC)c1. The first kappa shape index (κ1) is 23.3. The van der Waals surface area contributed by atoms with E-state index >= 15 is 0 Å². The van der Waals surface area contributed by atoms with Gasteiger partial charge >= 0.3 is 0 Å². The summed E-state index contributed by atoms with van der Waals surface area (Å²) in [6.07, 6.45) is 2.82. The lowest BCUT2D eigenvalue weighted by atomic mass is 9.92. The number of furan rings is 1. The van der Waals surface area contributed by atoms with E-state index in [1.165, 1.54) is 0 Å². The van der Waals surface area contributed by atoms with E-state index in [2.05, 4.69) is 0 Å². The minimum atomic E-state index is -0.0290. The summed E-state index contributed by atoms with van der Waals surface area (Å²) < 4.78 is 22.1. The summed E-state index contributed by atoms with van der Waals surface area (Å²) in [5, 5.41) is 0. The van der Waals surface area contributed by atoms with E-state index in [4.69, 9.17) is 18.6 Å². The van der Waals surface area contributed by atoms with Gasteiger partial charge in [-0.2, -0.15) is 0 Å². The summed E-state index contributed by atoms with van der Waals surface area (Å²) in [6, 6.07) is 17.5. The third-order valence-electron chi connectivity index (χ3n) is 5.57. The third kappa shape index (κ3) is 5.44. The number of ether oxygens (including phenoxy) is 3. The van der Waals surface area contributed by atoms with Crippen LogP contribution in [0.2, 0.25) is 0 Å². The van der Waals surface area contributed by atoms with Crippen LogP contribution < -0.4 is 14.2 Å². The maximum Gasteiger partial charge on any atom is 0.222 e. The number of hydrogen-bond donors (Lipinski definition) is 0. The third-order valence-corrected chi connectivity index (χ3v) is 5.57. The standard InChI is InChI=1S/C26H31NO5/c1-5-26(28)27(18-19-12-13-24(30-3)25(17-19)31-4)15-14-21(23-11-8-16-32-23)20-9-6-7-10-22(20)29-2/h6-13,16-17,21H,5,14-15,18H2,1-4H3/t21-/m1/s1. The van der Waals surface area contributed by atoms with Crippen molar-refractivity contribution in [2.24, 2.45) is 0 Å². The molecule has 170 valence electrons. The summed E-state index contributed by atoms with van der Waals surface area (Å²) in [7, 11) is 4.89. The topological polar surface area (TPSA) is 61.1 Å². The van der Waals surface area contributed by atoms with Gasteiger partial charge in [0.1, 0.15) is 11.5 Å². The van der Waals surface area contributed by atoms with Gasteiger partial charge in [-0.15, -0.1) is 0 Å². The largest absolute Gasteiger partial charge is 0.496 e. The summed E-state index contributed by atoms with van der Waals surface area (Å²) >= 11 is 0. The lowest BCUT2D eigenvalue weighted by Gasteiger charge is -2.26. The zero-order chi connectivity index (χ0) is 22.9. The van der Waals surface area contributed by atoms with Crippen molar-refractivity contribution in [1.82, 2.24) is 4.90 Å². The molecule has 1 amide bonds. The van der Waals surface area contributed by atoms with Crippen molar-refractivity contribution in [2.75, 3.05) is 27.9 Å². The molecule has 32 heavy (non-hydrogen) atoms. The molecule has 0 aliphatic carbocycles. The van der Waals surface area contributed by atoms with E-state index in [0.717, 1.165) is 22.6 Å². The number of methoxy groups -OCH3 is 3. The van der Waals surface area contributed by atoms with Gasteiger partial charge in [-0.25, -0.2) is 0 Å². The number of carbonyl (C=O) groups excluding carboxylic acids is 1. The second-order valence-electron chi connectivity index (χ2n) is 7.46. The molecule has 0 aliphatic heterocycles. The molecule has 2 aromatic carbocycles.